The third-order valence-corrected chi connectivity index (χ3v) is 6.18. The summed E-state index contributed by atoms with van der Waals surface area (Å²) in [6.07, 6.45) is 0.836. The molecule has 178 valence electrons. The standard InChI is InChI=1S/C27H30FN3O3/c1-18-4-10-22(11-5-18)30-27(32)29-16-24-23-15-26(34-3)25(33-2)14-20(23)12-13-31(24)17-19-6-8-21(28)9-7-19/h4-11,14-15,24H,12-13,16-17H2,1-3H3,(H2,29,30,32). The first-order valence-corrected chi connectivity index (χ1v) is 11.3. The van der Waals surface area contributed by atoms with Gasteiger partial charge in [0.15, 0.2) is 11.5 Å². The van der Waals surface area contributed by atoms with Gasteiger partial charge >= 0.3 is 6.03 Å². The lowest BCUT2D eigenvalue weighted by Gasteiger charge is -2.38. The SMILES string of the molecule is COc1cc2c(cc1OC)C(CNC(=O)Nc1ccc(C)cc1)N(Cc1ccc(F)cc1)CC2. The Labute approximate surface area is 199 Å². The quantitative estimate of drug-likeness (QED) is 0.513. The van der Waals surface area contributed by atoms with E-state index in [0.29, 0.717) is 24.6 Å². The van der Waals surface area contributed by atoms with Gasteiger partial charge in [-0.15, -0.1) is 0 Å². The van der Waals surface area contributed by atoms with Crippen LogP contribution in [0.2, 0.25) is 0 Å². The maximum atomic E-state index is 13.4. The van der Waals surface area contributed by atoms with Gasteiger partial charge in [0, 0.05) is 25.3 Å². The number of hydrogen-bond donors (Lipinski definition) is 2. The van der Waals surface area contributed by atoms with E-state index in [2.05, 4.69) is 15.5 Å². The lowest BCUT2D eigenvalue weighted by atomic mass is 9.91. The number of fused-ring (bicyclic) bond motifs is 1. The minimum atomic E-state index is -0.266. The van der Waals surface area contributed by atoms with Gasteiger partial charge in [-0.1, -0.05) is 29.8 Å². The highest BCUT2D eigenvalue weighted by molar-refractivity contribution is 5.89. The Morgan fingerprint density at radius 1 is 1.03 bits per heavy atom. The third-order valence-electron chi connectivity index (χ3n) is 6.18. The van der Waals surface area contributed by atoms with Crippen molar-refractivity contribution in [2.45, 2.75) is 25.9 Å². The fourth-order valence-electron chi connectivity index (χ4n) is 4.33. The molecule has 0 spiro atoms. The first-order chi connectivity index (χ1) is 16.5. The molecular weight excluding hydrogens is 433 g/mol. The number of rotatable bonds is 7. The van der Waals surface area contributed by atoms with Gasteiger partial charge < -0.3 is 20.1 Å². The monoisotopic (exact) mass is 463 g/mol. The lowest BCUT2D eigenvalue weighted by molar-refractivity contribution is 0.172. The molecule has 0 aromatic heterocycles. The Hall–Kier alpha value is -3.58. The summed E-state index contributed by atoms with van der Waals surface area (Å²) in [7, 11) is 3.24. The van der Waals surface area contributed by atoms with Crippen LogP contribution in [0.25, 0.3) is 0 Å². The molecule has 3 aromatic carbocycles. The molecule has 0 bridgehead atoms. The minimum Gasteiger partial charge on any atom is -0.493 e. The predicted octanol–water partition coefficient (Wildman–Crippen LogP) is 5.07. The van der Waals surface area contributed by atoms with Crippen molar-refractivity contribution in [1.29, 1.82) is 0 Å². The molecule has 6 nitrogen and oxygen atoms in total. The van der Waals surface area contributed by atoms with Crippen LogP contribution in [0.3, 0.4) is 0 Å². The number of urea groups is 1. The summed E-state index contributed by atoms with van der Waals surface area (Å²) in [6.45, 7) is 3.84. The van der Waals surface area contributed by atoms with Gasteiger partial charge in [0.25, 0.3) is 0 Å². The van der Waals surface area contributed by atoms with E-state index in [4.69, 9.17) is 9.47 Å². The largest absolute Gasteiger partial charge is 0.493 e. The van der Waals surface area contributed by atoms with E-state index in [1.165, 1.54) is 17.7 Å². The van der Waals surface area contributed by atoms with Crippen LogP contribution in [0.15, 0.2) is 60.7 Å². The number of benzene rings is 3. The Morgan fingerprint density at radius 3 is 2.38 bits per heavy atom. The lowest BCUT2D eigenvalue weighted by Crippen LogP contribution is -2.42. The molecule has 34 heavy (non-hydrogen) atoms. The summed E-state index contributed by atoms with van der Waals surface area (Å²) < 4.78 is 24.4. The number of halogens is 1. The fourth-order valence-corrected chi connectivity index (χ4v) is 4.33. The molecule has 0 saturated heterocycles. The molecule has 0 fully saturated rings. The van der Waals surface area contributed by atoms with E-state index in [9.17, 15) is 9.18 Å². The average Bonchev–Trinajstić information content (AvgIpc) is 2.85. The molecule has 1 atom stereocenters. The van der Waals surface area contributed by atoms with Crippen LogP contribution >= 0.6 is 0 Å². The van der Waals surface area contributed by atoms with Crippen molar-refractivity contribution in [2.24, 2.45) is 0 Å². The van der Waals surface area contributed by atoms with Crippen molar-refractivity contribution >= 4 is 11.7 Å². The maximum Gasteiger partial charge on any atom is 0.319 e. The van der Waals surface area contributed by atoms with Gasteiger partial charge in [-0.25, -0.2) is 9.18 Å². The number of nitrogens with zero attached hydrogens (tertiary/aromatic N) is 1. The first kappa shape index (κ1) is 23.6. The molecule has 1 aliphatic heterocycles. The fraction of sp³-hybridized carbons (Fsp3) is 0.296. The first-order valence-electron chi connectivity index (χ1n) is 11.3. The molecule has 0 saturated carbocycles. The van der Waals surface area contributed by atoms with E-state index in [-0.39, 0.29) is 17.9 Å². The predicted molar refractivity (Wildman–Crippen MR) is 131 cm³/mol. The normalized spacial score (nSPS) is 15.4. The van der Waals surface area contributed by atoms with Crippen LogP contribution < -0.4 is 20.1 Å². The molecule has 1 heterocycles. The average molecular weight is 464 g/mol. The number of anilines is 1. The van der Waals surface area contributed by atoms with E-state index in [1.807, 2.05) is 43.3 Å². The number of aryl methyl sites for hydroxylation is 1. The zero-order chi connectivity index (χ0) is 24.1. The van der Waals surface area contributed by atoms with Crippen molar-refractivity contribution < 1.29 is 18.7 Å². The van der Waals surface area contributed by atoms with Gasteiger partial charge in [0.1, 0.15) is 5.82 Å². The molecular formula is C27H30FN3O3. The topological polar surface area (TPSA) is 62.8 Å². The Kier molecular flexibility index (Phi) is 7.33. The van der Waals surface area contributed by atoms with Gasteiger partial charge in [0.2, 0.25) is 0 Å². The smallest absolute Gasteiger partial charge is 0.319 e. The van der Waals surface area contributed by atoms with Crippen molar-refractivity contribution in [3.8, 4) is 11.5 Å². The number of nitrogens with one attached hydrogen (secondary N) is 2. The summed E-state index contributed by atoms with van der Waals surface area (Å²) in [5, 5.41) is 5.91. The van der Waals surface area contributed by atoms with Crippen LogP contribution in [-0.2, 0) is 13.0 Å². The highest BCUT2D eigenvalue weighted by Crippen LogP contribution is 2.38. The molecule has 1 unspecified atom stereocenters. The van der Waals surface area contributed by atoms with Crippen LogP contribution in [0.5, 0.6) is 11.5 Å². The highest BCUT2D eigenvalue weighted by Gasteiger charge is 2.29. The number of methoxy groups -OCH3 is 2. The summed E-state index contributed by atoms with van der Waals surface area (Å²) in [5.74, 6) is 1.09. The second kappa shape index (κ2) is 10.6. The number of ether oxygens (including phenoxy) is 2. The van der Waals surface area contributed by atoms with Crippen molar-refractivity contribution in [2.75, 3.05) is 32.6 Å². The van der Waals surface area contributed by atoms with Gasteiger partial charge in [-0.05, 0) is 66.4 Å². The zero-order valence-corrected chi connectivity index (χ0v) is 19.7. The van der Waals surface area contributed by atoms with Crippen LogP contribution in [0, 0.1) is 12.7 Å². The number of amides is 2. The van der Waals surface area contributed by atoms with Crippen LogP contribution in [-0.4, -0.2) is 38.2 Å². The van der Waals surface area contributed by atoms with Crippen LogP contribution in [0.4, 0.5) is 14.9 Å². The van der Waals surface area contributed by atoms with Crippen molar-refractivity contribution in [3.05, 3.63) is 88.7 Å². The van der Waals surface area contributed by atoms with E-state index in [1.54, 1.807) is 26.4 Å². The van der Waals surface area contributed by atoms with Gasteiger partial charge in [0.05, 0.1) is 20.3 Å². The number of carbonyl (C=O) groups excluding carboxylic acids is 1. The Balaban J connectivity index is 1.56. The second-order valence-electron chi connectivity index (χ2n) is 8.47. The van der Waals surface area contributed by atoms with Crippen LogP contribution in [0.1, 0.15) is 28.3 Å². The van der Waals surface area contributed by atoms with Crippen molar-refractivity contribution in [1.82, 2.24) is 10.2 Å². The summed E-state index contributed by atoms with van der Waals surface area (Å²) in [6, 6.07) is 17.9. The van der Waals surface area contributed by atoms with E-state index >= 15 is 0 Å². The molecule has 2 N–H and O–H groups in total. The maximum absolute atomic E-state index is 13.4. The van der Waals surface area contributed by atoms with Gasteiger partial charge in [-0.2, -0.15) is 0 Å². The second-order valence-corrected chi connectivity index (χ2v) is 8.47. The number of hydrogen-bond acceptors (Lipinski definition) is 4. The van der Waals surface area contributed by atoms with Crippen molar-refractivity contribution in [3.63, 3.8) is 0 Å². The minimum absolute atomic E-state index is 0.0858. The summed E-state index contributed by atoms with van der Waals surface area (Å²) in [5.41, 5.74) is 5.13. The van der Waals surface area contributed by atoms with E-state index in [0.717, 1.165) is 35.3 Å². The number of carbonyl (C=O) groups is 1. The Bertz CT molecular complexity index is 1130. The molecule has 0 radical (unpaired) electrons. The zero-order valence-electron chi connectivity index (χ0n) is 19.7. The van der Waals surface area contributed by atoms with E-state index < -0.39 is 0 Å². The summed E-state index contributed by atoms with van der Waals surface area (Å²) >= 11 is 0. The molecule has 7 heteroatoms. The molecule has 1 aliphatic rings. The molecule has 4 rings (SSSR count). The van der Waals surface area contributed by atoms with Gasteiger partial charge in [-0.3, -0.25) is 4.90 Å². The summed E-state index contributed by atoms with van der Waals surface area (Å²) in [4.78, 5) is 15.0. The molecule has 3 aromatic rings. The third kappa shape index (κ3) is 5.48. The molecule has 0 aliphatic carbocycles. The molecule has 2 amide bonds. The Morgan fingerprint density at radius 2 is 1.71 bits per heavy atom. The highest BCUT2D eigenvalue weighted by atomic mass is 19.1.